The molecule has 0 heterocycles. The number of rotatable bonds is 7. The molecule has 4 aromatic rings. The van der Waals surface area contributed by atoms with Crippen LogP contribution in [-0.4, -0.2) is 18.0 Å². The zero-order chi connectivity index (χ0) is 23.5. The van der Waals surface area contributed by atoms with Crippen molar-refractivity contribution in [3.63, 3.8) is 0 Å². The summed E-state index contributed by atoms with van der Waals surface area (Å²) in [5.41, 5.74) is 12.2. The van der Waals surface area contributed by atoms with E-state index in [2.05, 4.69) is 37.3 Å². The van der Waals surface area contributed by atoms with Crippen LogP contribution in [0, 0.1) is 0 Å². The Balaban J connectivity index is 2.25. The van der Waals surface area contributed by atoms with Gasteiger partial charge in [-0.2, -0.15) is 0 Å². The van der Waals surface area contributed by atoms with E-state index in [9.17, 15) is 9.59 Å². The number of benzene rings is 4. The molecule has 4 aromatic carbocycles. The van der Waals surface area contributed by atoms with Crippen molar-refractivity contribution in [2.75, 3.05) is 6.16 Å². The summed E-state index contributed by atoms with van der Waals surface area (Å²) in [4.78, 5) is 24.0. The van der Waals surface area contributed by atoms with Gasteiger partial charge >= 0.3 is 194 Å². The third-order valence-electron chi connectivity index (χ3n) is 6.71. The van der Waals surface area contributed by atoms with Crippen LogP contribution >= 0.6 is 6.60 Å². The average Bonchev–Trinajstić information content (AvgIpc) is 2.87. The molecule has 0 saturated carbocycles. The fourth-order valence-corrected chi connectivity index (χ4v) is 11.6. The van der Waals surface area contributed by atoms with E-state index in [1.165, 1.54) is 10.6 Å². The van der Waals surface area contributed by atoms with Crippen molar-refractivity contribution in [2.24, 2.45) is 11.5 Å². The Hall–Kier alpha value is -3.75. The Morgan fingerprint density at radius 2 is 1.03 bits per heavy atom. The Bertz CT molecular complexity index is 1260. The molecule has 166 valence electrons. The first-order valence-electron chi connectivity index (χ1n) is 10.9. The minimum atomic E-state index is -3.34. The van der Waals surface area contributed by atoms with Gasteiger partial charge in [0.15, 0.2) is 0 Å². The van der Waals surface area contributed by atoms with E-state index in [4.69, 9.17) is 11.5 Å². The summed E-state index contributed by atoms with van der Waals surface area (Å²) >= 11 is 0. The molecule has 0 bridgehead atoms. The number of hydrogen-bond donors (Lipinski definition) is 2. The summed E-state index contributed by atoms with van der Waals surface area (Å²) in [6.45, 7) is -1.15. The Morgan fingerprint density at radius 1 is 0.576 bits per heavy atom. The summed E-state index contributed by atoms with van der Waals surface area (Å²) in [5.74, 6) is -0.928. The number of amides is 2. The van der Waals surface area contributed by atoms with E-state index in [1.807, 2.05) is 60.7 Å². The number of primary amides is 2. The van der Waals surface area contributed by atoms with Gasteiger partial charge < -0.3 is 0 Å². The molecule has 4 nitrogen and oxygen atoms in total. The van der Waals surface area contributed by atoms with Gasteiger partial charge in [-0.25, -0.2) is 0 Å². The van der Waals surface area contributed by atoms with Crippen molar-refractivity contribution in [1.29, 1.82) is 0 Å². The van der Waals surface area contributed by atoms with Crippen molar-refractivity contribution < 1.29 is 9.59 Å². The SMILES string of the molecule is CCP(c1ccccc1)(c1ccccc1)(c1ccc(C(N)=O)cc1)c1cccc(C(N)=O)c1. The molecule has 0 aliphatic rings. The molecular weight excluding hydrogens is 427 g/mol. The molecule has 0 saturated heterocycles. The number of nitrogens with two attached hydrogens (primary N) is 2. The molecule has 0 fully saturated rings. The van der Waals surface area contributed by atoms with E-state index in [1.54, 1.807) is 18.2 Å². The van der Waals surface area contributed by atoms with Crippen LogP contribution in [0.4, 0.5) is 0 Å². The van der Waals surface area contributed by atoms with Crippen molar-refractivity contribution in [1.82, 2.24) is 0 Å². The number of carbonyl (C=O) groups excluding carboxylic acids is 2. The molecule has 2 amide bonds. The maximum atomic E-state index is 12.2. The van der Waals surface area contributed by atoms with Crippen LogP contribution in [0.2, 0.25) is 0 Å². The first kappa shape index (κ1) is 22.4. The van der Waals surface area contributed by atoms with E-state index < -0.39 is 18.4 Å². The second kappa shape index (κ2) is 8.65. The third kappa shape index (κ3) is 3.35. The molecule has 0 aliphatic heterocycles. The number of carbonyl (C=O) groups is 2. The summed E-state index contributed by atoms with van der Waals surface area (Å²) in [6.07, 6.45) is 0.776. The molecule has 0 aliphatic carbocycles. The van der Waals surface area contributed by atoms with Gasteiger partial charge in [-0.1, -0.05) is 0 Å². The van der Waals surface area contributed by atoms with E-state index in [-0.39, 0.29) is 0 Å². The first-order chi connectivity index (χ1) is 15.9. The zero-order valence-electron chi connectivity index (χ0n) is 18.5. The molecule has 33 heavy (non-hydrogen) atoms. The quantitative estimate of drug-likeness (QED) is 0.421. The molecule has 5 heteroatoms. The van der Waals surface area contributed by atoms with Crippen LogP contribution in [-0.2, 0) is 0 Å². The van der Waals surface area contributed by atoms with E-state index >= 15 is 0 Å². The predicted octanol–water partition coefficient (Wildman–Crippen LogP) is 3.06. The standard InChI is InChI=1S/C28H27N2O2P/c1-2-33(23-11-5-3-6-12-23,24-13-7-4-8-14-24,25-18-16-21(17-19-25)27(29)31)26-15-9-10-22(20-26)28(30)32/h3-20H,2H2,1H3,(H2,29,31)(H2,30,32). The molecular formula is C28H27N2O2P. The fourth-order valence-electron chi connectivity index (χ4n) is 5.06. The van der Waals surface area contributed by atoms with E-state index in [0.717, 1.165) is 16.8 Å². The number of hydrogen-bond acceptors (Lipinski definition) is 2. The topological polar surface area (TPSA) is 86.2 Å². The van der Waals surface area contributed by atoms with Crippen LogP contribution in [0.3, 0.4) is 0 Å². The van der Waals surface area contributed by atoms with Crippen LogP contribution in [0.5, 0.6) is 0 Å². The van der Waals surface area contributed by atoms with Crippen molar-refractivity contribution in [3.05, 3.63) is 120 Å². The van der Waals surface area contributed by atoms with Gasteiger partial charge in [0.05, 0.1) is 0 Å². The monoisotopic (exact) mass is 454 g/mol. The molecule has 4 rings (SSSR count). The minimum absolute atomic E-state index is 0.457. The second-order valence-electron chi connectivity index (χ2n) is 8.12. The van der Waals surface area contributed by atoms with Crippen molar-refractivity contribution in [2.45, 2.75) is 6.92 Å². The normalized spacial score (nSPS) is 12.5. The Kier molecular flexibility index (Phi) is 5.88. The second-order valence-corrected chi connectivity index (χ2v) is 13.4. The summed E-state index contributed by atoms with van der Waals surface area (Å²) in [7, 11) is 0. The summed E-state index contributed by atoms with van der Waals surface area (Å²) in [5, 5.41) is 4.48. The van der Waals surface area contributed by atoms with Crippen molar-refractivity contribution in [3.8, 4) is 0 Å². The van der Waals surface area contributed by atoms with Gasteiger partial charge in [-0.05, 0) is 0 Å². The third-order valence-corrected chi connectivity index (χ3v) is 13.7. The molecule has 4 N–H and O–H groups in total. The van der Waals surface area contributed by atoms with E-state index in [0.29, 0.717) is 11.1 Å². The van der Waals surface area contributed by atoms with Crippen LogP contribution < -0.4 is 32.7 Å². The average molecular weight is 455 g/mol. The Labute approximate surface area is 194 Å². The molecule has 0 unspecified atom stereocenters. The predicted molar refractivity (Wildman–Crippen MR) is 139 cm³/mol. The first-order valence-corrected chi connectivity index (χ1v) is 13.3. The van der Waals surface area contributed by atoms with Gasteiger partial charge in [0.1, 0.15) is 0 Å². The van der Waals surface area contributed by atoms with Gasteiger partial charge in [-0.15, -0.1) is 0 Å². The van der Waals surface area contributed by atoms with Gasteiger partial charge in [-0.3, -0.25) is 0 Å². The molecule has 0 spiro atoms. The zero-order valence-corrected chi connectivity index (χ0v) is 19.4. The van der Waals surface area contributed by atoms with Crippen LogP contribution in [0.25, 0.3) is 0 Å². The maximum absolute atomic E-state index is 12.2. The van der Waals surface area contributed by atoms with Crippen molar-refractivity contribution >= 4 is 39.6 Å². The van der Waals surface area contributed by atoms with Crippen LogP contribution in [0.1, 0.15) is 27.6 Å². The molecule has 0 atom stereocenters. The van der Waals surface area contributed by atoms with Gasteiger partial charge in [0.25, 0.3) is 0 Å². The fraction of sp³-hybridized carbons (Fsp3) is 0.0714. The summed E-state index contributed by atoms with van der Waals surface area (Å²) < 4.78 is 0. The van der Waals surface area contributed by atoms with Gasteiger partial charge in [0.2, 0.25) is 0 Å². The molecule has 0 radical (unpaired) electrons. The van der Waals surface area contributed by atoms with Crippen LogP contribution in [0.15, 0.2) is 109 Å². The summed E-state index contributed by atoms with van der Waals surface area (Å²) in [6, 6.07) is 36.1. The molecule has 0 aromatic heterocycles. The van der Waals surface area contributed by atoms with Gasteiger partial charge in [0, 0.05) is 0 Å². The Morgan fingerprint density at radius 3 is 1.48 bits per heavy atom.